The van der Waals surface area contributed by atoms with Gasteiger partial charge < -0.3 is 15.7 Å². The van der Waals surface area contributed by atoms with Gasteiger partial charge in [0.15, 0.2) is 0 Å². The Morgan fingerprint density at radius 2 is 1.95 bits per heavy atom. The Bertz CT molecular complexity index is 534. The second-order valence-corrected chi connectivity index (χ2v) is 4.26. The van der Waals surface area contributed by atoms with Gasteiger partial charge >= 0.3 is 18.2 Å². The molecule has 0 aliphatic rings. The predicted molar refractivity (Wildman–Crippen MR) is 65.7 cm³/mol. The Kier molecular flexibility index (Phi) is 4.83. The van der Waals surface area contributed by atoms with Crippen molar-refractivity contribution in [3.8, 4) is 0 Å². The van der Waals surface area contributed by atoms with Crippen LogP contribution in [0, 0.1) is 0 Å². The SMILES string of the molecule is CC(NC(=O)Nc1ccc(Cl)c(C(F)(F)F)c1)C(=O)O. The third kappa shape index (κ3) is 4.30. The van der Waals surface area contributed by atoms with Crippen LogP contribution in [0.4, 0.5) is 23.7 Å². The highest BCUT2D eigenvalue weighted by molar-refractivity contribution is 6.31. The van der Waals surface area contributed by atoms with E-state index in [4.69, 9.17) is 16.7 Å². The fraction of sp³-hybridized carbons (Fsp3) is 0.273. The lowest BCUT2D eigenvalue weighted by Crippen LogP contribution is -2.40. The van der Waals surface area contributed by atoms with Crippen molar-refractivity contribution in [1.29, 1.82) is 0 Å². The second-order valence-electron chi connectivity index (χ2n) is 3.85. The molecule has 9 heteroatoms. The van der Waals surface area contributed by atoms with Crippen molar-refractivity contribution in [3.63, 3.8) is 0 Å². The van der Waals surface area contributed by atoms with Crippen LogP contribution in [-0.2, 0) is 11.0 Å². The fourth-order valence-electron chi connectivity index (χ4n) is 1.25. The van der Waals surface area contributed by atoms with Gasteiger partial charge in [-0.05, 0) is 25.1 Å². The molecule has 0 spiro atoms. The molecule has 110 valence electrons. The third-order valence-corrected chi connectivity index (χ3v) is 2.58. The zero-order valence-corrected chi connectivity index (χ0v) is 10.8. The molecule has 1 aromatic carbocycles. The quantitative estimate of drug-likeness (QED) is 0.803. The van der Waals surface area contributed by atoms with Crippen molar-refractivity contribution < 1.29 is 27.9 Å². The monoisotopic (exact) mass is 310 g/mol. The number of carbonyl (C=O) groups excluding carboxylic acids is 1. The molecule has 5 nitrogen and oxygen atoms in total. The normalized spacial score (nSPS) is 12.7. The molecule has 1 aromatic rings. The number of carboxylic acid groups (broad SMARTS) is 1. The number of urea groups is 1. The maximum atomic E-state index is 12.6. The number of hydrogen-bond donors (Lipinski definition) is 3. The summed E-state index contributed by atoms with van der Waals surface area (Å²) < 4.78 is 37.8. The molecule has 0 fully saturated rings. The maximum Gasteiger partial charge on any atom is 0.417 e. The molecule has 0 bridgehead atoms. The molecule has 2 amide bonds. The molecule has 0 aliphatic heterocycles. The molecule has 3 N–H and O–H groups in total. The number of benzene rings is 1. The van der Waals surface area contributed by atoms with Crippen LogP contribution in [0.15, 0.2) is 18.2 Å². The van der Waals surface area contributed by atoms with Gasteiger partial charge in [0, 0.05) is 5.69 Å². The molecule has 20 heavy (non-hydrogen) atoms. The van der Waals surface area contributed by atoms with Crippen LogP contribution < -0.4 is 10.6 Å². The highest BCUT2D eigenvalue weighted by atomic mass is 35.5. The number of carboxylic acids is 1. The average Bonchev–Trinajstić information content (AvgIpc) is 2.29. The summed E-state index contributed by atoms with van der Waals surface area (Å²) in [5.74, 6) is -1.27. The van der Waals surface area contributed by atoms with E-state index in [1.807, 2.05) is 5.32 Å². The Morgan fingerprint density at radius 1 is 1.35 bits per heavy atom. The predicted octanol–water partition coefficient (Wildman–Crippen LogP) is 2.95. The summed E-state index contributed by atoms with van der Waals surface area (Å²) in [4.78, 5) is 21.9. The van der Waals surface area contributed by atoms with Gasteiger partial charge in [0.25, 0.3) is 0 Å². The van der Waals surface area contributed by atoms with Gasteiger partial charge in [-0.15, -0.1) is 0 Å². The zero-order chi connectivity index (χ0) is 15.5. The molecule has 0 saturated heterocycles. The standard InChI is InChI=1S/C11H10ClF3N2O3/c1-5(9(18)19)16-10(20)17-6-2-3-8(12)7(4-6)11(13,14)15/h2-5H,1H3,(H,18,19)(H2,16,17,20). The first-order valence-electron chi connectivity index (χ1n) is 5.28. The zero-order valence-electron chi connectivity index (χ0n) is 10.1. The summed E-state index contributed by atoms with van der Waals surface area (Å²) in [6, 6.07) is 0.705. The number of hydrogen-bond acceptors (Lipinski definition) is 2. The summed E-state index contributed by atoms with van der Waals surface area (Å²) in [6.07, 6.45) is -4.65. The van der Waals surface area contributed by atoms with Crippen LogP contribution in [0.25, 0.3) is 0 Å². The van der Waals surface area contributed by atoms with E-state index in [0.717, 1.165) is 6.07 Å². The molecule has 1 rings (SSSR count). The number of alkyl halides is 3. The first-order chi connectivity index (χ1) is 9.11. The van der Waals surface area contributed by atoms with E-state index >= 15 is 0 Å². The Balaban J connectivity index is 2.84. The van der Waals surface area contributed by atoms with E-state index in [9.17, 15) is 22.8 Å². The highest BCUT2D eigenvalue weighted by Gasteiger charge is 2.33. The summed E-state index contributed by atoms with van der Waals surface area (Å²) >= 11 is 5.42. The molecule has 0 radical (unpaired) electrons. The van der Waals surface area contributed by atoms with Gasteiger partial charge in [-0.2, -0.15) is 13.2 Å². The van der Waals surface area contributed by atoms with Crippen molar-refractivity contribution in [2.24, 2.45) is 0 Å². The Hall–Kier alpha value is -1.96. The number of rotatable bonds is 3. The number of aliphatic carboxylic acids is 1. The van der Waals surface area contributed by atoms with Gasteiger partial charge in [-0.1, -0.05) is 11.6 Å². The maximum absolute atomic E-state index is 12.6. The molecule has 0 aromatic heterocycles. The first kappa shape index (κ1) is 16.1. The van der Waals surface area contributed by atoms with Gasteiger partial charge in [0.2, 0.25) is 0 Å². The second kappa shape index (κ2) is 6.00. The molecular weight excluding hydrogens is 301 g/mol. The highest BCUT2D eigenvalue weighted by Crippen LogP contribution is 2.36. The number of halogens is 4. The molecule has 0 aliphatic carbocycles. The number of nitrogens with one attached hydrogen (secondary N) is 2. The summed E-state index contributed by atoms with van der Waals surface area (Å²) in [6.45, 7) is 1.21. The van der Waals surface area contributed by atoms with Crippen molar-refractivity contribution in [2.45, 2.75) is 19.1 Å². The van der Waals surface area contributed by atoms with Crippen molar-refractivity contribution in [2.75, 3.05) is 5.32 Å². The lowest BCUT2D eigenvalue weighted by Gasteiger charge is -2.13. The molecular formula is C11H10ClF3N2O3. The van der Waals surface area contributed by atoms with E-state index in [-0.39, 0.29) is 5.69 Å². The number of amides is 2. The van der Waals surface area contributed by atoms with E-state index in [0.29, 0.717) is 6.07 Å². The Labute approximate surface area is 116 Å². The van der Waals surface area contributed by atoms with Crippen LogP contribution in [0.5, 0.6) is 0 Å². The van der Waals surface area contributed by atoms with Gasteiger partial charge in [0.05, 0.1) is 10.6 Å². The summed E-state index contributed by atoms with van der Waals surface area (Å²) in [7, 11) is 0. The van der Waals surface area contributed by atoms with Crippen molar-refractivity contribution >= 4 is 29.3 Å². The van der Waals surface area contributed by atoms with Gasteiger partial charge in [0.1, 0.15) is 6.04 Å². The fourth-order valence-corrected chi connectivity index (χ4v) is 1.47. The smallest absolute Gasteiger partial charge is 0.417 e. The number of carbonyl (C=O) groups is 2. The van der Waals surface area contributed by atoms with Crippen molar-refractivity contribution in [1.82, 2.24) is 5.32 Å². The van der Waals surface area contributed by atoms with Crippen LogP contribution in [0.1, 0.15) is 12.5 Å². The Morgan fingerprint density at radius 3 is 2.45 bits per heavy atom. The van der Waals surface area contributed by atoms with Crippen molar-refractivity contribution in [3.05, 3.63) is 28.8 Å². The van der Waals surface area contributed by atoms with E-state index < -0.39 is 34.8 Å². The molecule has 1 unspecified atom stereocenters. The lowest BCUT2D eigenvalue weighted by molar-refractivity contribution is -0.139. The topological polar surface area (TPSA) is 78.4 Å². The van der Waals surface area contributed by atoms with Crippen LogP contribution in [-0.4, -0.2) is 23.1 Å². The van der Waals surface area contributed by atoms with E-state index in [1.165, 1.54) is 13.0 Å². The minimum absolute atomic E-state index is 0.156. The lowest BCUT2D eigenvalue weighted by atomic mass is 10.2. The molecule has 0 saturated carbocycles. The minimum Gasteiger partial charge on any atom is -0.480 e. The van der Waals surface area contributed by atoms with Crippen LogP contribution >= 0.6 is 11.6 Å². The average molecular weight is 311 g/mol. The third-order valence-electron chi connectivity index (χ3n) is 2.25. The van der Waals surface area contributed by atoms with Crippen LogP contribution in [0.3, 0.4) is 0 Å². The van der Waals surface area contributed by atoms with E-state index in [2.05, 4.69) is 5.32 Å². The number of anilines is 1. The van der Waals surface area contributed by atoms with E-state index in [1.54, 1.807) is 0 Å². The van der Waals surface area contributed by atoms with Crippen LogP contribution in [0.2, 0.25) is 5.02 Å². The molecule has 1 atom stereocenters. The summed E-state index contributed by atoms with van der Waals surface area (Å²) in [5, 5.41) is 12.2. The molecule has 0 heterocycles. The largest absolute Gasteiger partial charge is 0.480 e. The van der Waals surface area contributed by atoms with Gasteiger partial charge in [-0.25, -0.2) is 4.79 Å². The minimum atomic E-state index is -4.65. The summed E-state index contributed by atoms with van der Waals surface area (Å²) in [5.41, 5.74) is -1.25. The first-order valence-corrected chi connectivity index (χ1v) is 5.66. The van der Waals surface area contributed by atoms with Gasteiger partial charge in [-0.3, -0.25) is 4.79 Å².